The minimum Gasteiger partial charge on any atom is -0.384 e. The molecule has 2 amide bonds. The van der Waals surface area contributed by atoms with Crippen molar-refractivity contribution >= 4 is 23.4 Å². The lowest BCUT2D eigenvalue weighted by Crippen LogP contribution is -2.60. The Morgan fingerprint density at radius 1 is 1.06 bits per heavy atom. The van der Waals surface area contributed by atoms with Crippen molar-refractivity contribution in [2.75, 3.05) is 13.1 Å². The Morgan fingerprint density at radius 2 is 1.68 bits per heavy atom. The van der Waals surface area contributed by atoms with Crippen LogP contribution in [0.25, 0.3) is 0 Å². The van der Waals surface area contributed by atoms with E-state index in [9.17, 15) is 14.7 Å². The Labute approximate surface area is 208 Å². The van der Waals surface area contributed by atoms with Crippen molar-refractivity contribution in [3.63, 3.8) is 0 Å². The van der Waals surface area contributed by atoms with Crippen LogP contribution in [-0.4, -0.2) is 41.0 Å². The van der Waals surface area contributed by atoms with Crippen LogP contribution in [0.4, 0.5) is 0 Å². The Morgan fingerprint density at radius 3 is 2.24 bits per heavy atom. The highest BCUT2D eigenvalue weighted by atomic mass is 35.5. The van der Waals surface area contributed by atoms with E-state index in [-0.39, 0.29) is 23.7 Å². The quantitative estimate of drug-likeness (QED) is 0.573. The predicted octanol–water partition coefficient (Wildman–Crippen LogP) is 5.12. The van der Waals surface area contributed by atoms with Crippen LogP contribution in [0, 0.1) is 11.3 Å². The summed E-state index contributed by atoms with van der Waals surface area (Å²) >= 11 is 6.03. The van der Waals surface area contributed by atoms with Crippen LogP contribution in [0.15, 0.2) is 54.6 Å². The summed E-state index contributed by atoms with van der Waals surface area (Å²) in [5.74, 6) is -0.213. The van der Waals surface area contributed by atoms with Crippen molar-refractivity contribution in [3.05, 3.63) is 70.7 Å². The molecule has 0 radical (unpaired) electrons. The van der Waals surface area contributed by atoms with Gasteiger partial charge in [-0.15, -0.1) is 0 Å². The van der Waals surface area contributed by atoms with E-state index in [0.717, 1.165) is 11.1 Å². The van der Waals surface area contributed by atoms with Gasteiger partial charge in [-0.05, 0) is 41.5 Å². The van der Waals surface area contributed by atoms with Crippen LogP contribution in [-0.2, 0) is 15.2 Å². The molecule has 2 N–H and O–H groups in total. The summed E-state index contributed by atoms with van der Waals surface area (Å²) in [5, 5.41) is 15.2. The number of carbonyl (C=O) groups is 2. The summed E-state index contributed by atoms with van der Waals surface area (Å²) < 4.78 is 0. The molecule has 2 aromatic carbocycles. The van der Waals surface area contributed by atoms with Gasteiger partial charge in [0.15, 0.2) is 0 Å². The molecule has 0 spiro atoms. The normalized spacial score (nSPS) is 21.7. The first kappa shape index (κ1) is 26.2. The average molecular weight is 485 g/mol. The SMILES string of the molecule is CC(CC(=O)N[C@@H](C(=O)N1CC[C@](O)(c2ccc(Cl)cc2)C(C)(C)C1)C(C)C)c1ccccc1. The molecule has 0 bridgehead atoms. The molecule has 1 aliphatic heterocycles. The summed E-state index contributed by atoms with van der Waals surface area (Å²) in [4.78, 5) is 28.1. The molecule has 3 rings (SSSR count). The Balaban J connectivity index is 1.69. The van der Waals surface area contributed by atoms with Gasteiger partial charge in [-0.1, -0.05) is 88.7 Å². The zero-order valence-electron chi connectivity index (χ0n) is 20.8. The molecule has 3 atom stereocenters. The second-order valence-electron chi connectivity index (χ2n) is 10.6. The van der Waals surface area contributed by atoms with Crippen LogP contribution in [0.1, 0.15) is 64.5 Å². The second-order valence-corrected chi connectivity index (χ2v) is 11.0. The van der Waals surface area contributed by atoms with Gasteiger partial charge in [-0.3, -0.25) is 9.59 Å². The molecule has 34 heavy (non-hydrogen) atoms. The lowest BCUT2D eigenvalue weighted by molar-refractivity contribution is -0.156. The lowest BCUT2D eigenvalue weighted by Gasteiger charge is -2.51. The van der Waals surface area contributed by atoms with Gasteiger partial charge < -0.3 is 15.3 Å². The minimum atomic E-state index is -1.07. The first-order chi connectivity index (χ1) is 15.9. The number of nitrogens with zero attached hydrogens (tertiary/aromatic N) is 1. The number of likely N-dealkylation sites (tertiary alicyclic amines) is 1. The average Bonchev–Trinajstić information content (AvgIpc) is 2.79. The number of rotatable bonds is 7. The molecule has 184 valence electrons. The number of hydrogen-bond donors (Lipinski definition) is 2. The number of carbonyl (C=O) groups excluding carboxylic acids is 2. The Hall–Kier alpha value is -2.37. The predicted molar refractivity (Wildman–Crippen MR) is 137 cm³/mol. The molecule has 5 nitrogen and oxygen atoms in total. The van der Waals surface area contributed by atoms with Crippen LogP contribution >= 0.6 is 11.6 Å². The van der Waals surface area contributed by atoms with E-state index in [2.05, 4.69) is 5.32 Å². The topological polar surface area (TPSA) is 69.6 Å². The zero-order valence-corrected chi connectivity index (χ0v) is 21.6. The van der Waals surface area contributed by atoms with Crippen LogP contribution in [0.3, 0.4) is 0 Å². The highest BCUT2D eigenvalue weighted by molar-refractivity contribution is 6.30. The van der Waals surface area contributed by atoms with Crippen LogP contribution in [0.5, 0.6) is 0 Å². The lowest BCUT2D eigenvalue weighted by atomic mass is 9.66. The van der Waals surface area contributed by atoms with E-state index < -0.39 is 17.1 Å². The Bertz CT molecular complexity index is 990. The number of halogens is 1. The van der Waals surface area contributed by atoms with Crippen molar-refractivity contribution in [1.29, 1.82) is 0 Å². The fourth-order valence-electron chi connectivity index (χ4n) is 4.89. The van der Waals surface area contributed by atoms with Crippen LogP contribution < -0.4 is 5.32 Å². The smallest absolute Gasteiger partial charge is 0.245 e. The first-order valence-electron chi connectivity index (χ1n) is 12.1. The third kappa shape index (κ3) is 5.64. The summed E-state index contributed by atoms with van der Waals surface area (Å²) in [5.41, 5.74) is 0.250. The third-order valence-corrected chi connectivity index (χ3v) is 7.44. The van der Waals surface area contributed by atoms with Gasteiger partial charge >= 0.3 is 0 Å². The van der Waals surface area contributed by atoms with Gasteiger partial charge in [0.1, 0.15) is 6.04 Å². The van der Waals surface area contributed by atoms with E-state index >= 15 is 0 Å². The number of hydrogen-bond acceptors (Lipinski definition) is 3. The van der Waals surface area contributed by atoms with Crippen molar-refractivity contribution in [1.82, 2.24) is 10.2 Å². The molecule has 1 aliphatic rings. The highest BCUT2D eigenvalue weighted by Gasteiger charge is 2.50. The molecule has 6 heteroatoms. The molecule has 0 aromatic heterocycles. The number of amides is 2. The molecule has 0 saturated carbocycles. The fraction of sp³-hybridized carbons (Fsp3) is 0.500. The first-order valence-corrected chi connectivity index (χ1v) is 12.4. The van der Waals surface area contributed by atoms with Crippen molar-refractivity contribution in [2.24, 2.45) is 11.3 Å². The number of aliphatic hydroxyl groups is 1. The van der Waals surface area contributed by atoms with Crippen molar-refractivity contribution in [3.8, 4) is 0 Å². The van der Waals surface area contributed by atoms with Gasteiger partial charge in [-0.2, -0.15) is 0 Å². The zero-order chi connectivity index (χ0) is 25.1. The van der Waals surface area contributed by atoms with Gasteiger partial charge in [0.05, 0.1) is 5.60 Å². The number of piperidine rings is 1. The van der Waals surface area contributed by atoms with Gasteiger partial charge in [0.25, 0.3) is 0 Å². The number of benzene rings is 2. The molecule has 1 heterocycles. The molecule has 1 saturated heterocycles. The largest absolute Gasteiger partial charge is 0.384 e. The van der Waals surface area contributed by atoms with E-state index in [1.54, 1.807) is 17.0 Å². The molecule has 1 fully saturated rings. The van der Waals surface area contributed by atoms with E-state index in [1.807, 2.05) is 77.1 Å². The molecular weight excluding hydrogens is 448 g/mol. The molecule has 1 unspecified atom stereocenters. The monoisotopic (exact) mass is 484 g/mol. The molecule has 2 aromatic rings. The van der Waals surface area contributed by atoms with E-state index in [1.165, 1.54) is 0 Å². The molecule has 0 aliphatic carbocycles. The summed E-state index contributed by atoms with van der Waals surface area (Å²) in [7, 11) is 0. The summed E-state index contributed by atoms with van der Waals surface area (Å²) in [6.45, 7) is 10.7. The maximum absolute atomic E-state index is 13.5. The summed E-state index contributed by atoms with van der Waals surface area (Å²) in [6.07, 6.45) is 0.736. The van der Waals surface area contributed by atoms with Gasteiger partial charge in [0.2, 0.25) is 11.8 Å². The van der Waals surface area contributed by atoms with Gasteiger partial charge in [-0.25, -0.2) is 0 Å². The second kappa shape index (κ2) is 10.5. The molecular formula is C28H37ClN2O3. The number of nitrogens with one attached hydrogen (secondary N) is 1. The standard InChI is InChI=1S/C28H37ClN2O3/c1-19(2)25(30-24(32)17-20(3)21-9-7-6-8-10-21)26(33)31-16-15-28(34,27(4,5)18-31)22-11-13-23(29)14-12-22/h6-14,19-20,25,34H,15-18H2,1-5H3,(H,30,32)/t20?,25-,28+/m1/s1. The van der Waals surface area contributed by atoms with Gasteiger partial charge in [0, 0.05) is 29.9 Å². The van der Waals surface area contributed by atoms with Crippen molar-refractivity contribution in [2.45, 2.75) is 65.0 Å². The minimum absolute atomic E-state index is 0.0522. The maximum Gasteiger partial charge on any atom is 0.245 e. The third-order valence-electron chi connectivity index (χ3n) is 7.19. The van der Waals surface area contributed by atoms with Crippen LogP contribution in [0.2, 0.25) is 5.02 Å². The Kier molecular flexibility index (Phi) is 8.10. The van der Waals surface area contributed by atoms with E-state index in [0.29, 0.717) is 31.0 Å². The highest BCUT2D eigenvalue weighted by Crippen LogP contribution is 2.46. The summed E-state index contributed by atoms with van der Waals surface area (Å²) in [6, 6.07) is 16.6. The fourth-order valence-corrected chi connectivity index (χ4v) is 5.02. The van der Waals surface area contributed by atoms with Crippen molar-refractivity contribution < 1.29 is 14.7 Å². The van der Waals surface area contributed by atoms with E-state index in [4.69, 9.17) is 11.6 Å². The maximum atomic E-state index is 13.5.